The lowest BCUT2D eigenvalue weighted by atomic mass is 10.2. The van der Waals surface area contributed by atoms with Gasteiger partial charge in [0, 0.05) is 22.5 Å². The topological polar surface area (TPSA) is 118 Å². The van der Waals surface area contributed by atoms with Gasteiger partial charge in [0.15, 0.2) is 6.61 Å². The highest BCUT2D eigenvalue weighted by molar-refractivity contribution is 6.39. The molecule has 0 aromatic heterocycles. The van der Waals surface area contributed by atoms with Crippen LogP contribution in [0.1, 0.15) is 11.1 Å². The fourth-order valence-electron chi connectivity index (χ4n) is 2.87. The van der Waals surface area contributed by atoms with Crippen molar-refractivity contribution in [3.05, 3.63) is 82.9 Å². The molecule has 0 aliphatic heterocycles. The van der Waals surface area contributed by atoms with E-state index in [-0.39, 0.29) is 12.5 Å². The molecule has 3 rings (SSSR count). The highest BCUT2D eigenvalue weighted by Gasteiger charge is 2.13. The van der Waals surface area contributed by atoms with Crippen molar-refractivity contribution in [3.63, 3.8) is 0 Å². The molecule has 0 fully saturated rings. The predicted octanol–water partition coefficient (Wildman–Crippen LogP) is 3.76. The number of carbonyl (C=O) groups excluding carboxylic acids is 3. The van der Waals surface area contributed by atoms with Gasteiger partial charge in [0.1, 0.15) is 11.5 Å². The number of hydrogen-bond acceptors (Lipinski definition) is 6. The van der Waals surface area contributed by atoms with Crippen LogP contribution in [0, 0.1) is 6.92 Å². The van der Waals surface area contributed by atoms with E-state index in [1.54, 1.807) is 66.7 Å². The SMILES string of the molecule is COc1cccc(NC(=O)C(=O)N/N=C\c2cccc(OCC(=O)Nc3cccc(Cl)c3C)c2)c1. The molecule has 3 aromatic rings. The molecule has 180 valence electrons. The fraction of sp³-hybridized carbons (Fsp3) is 0.120. The lowest BCUT2D eigenvalue weighted by molar-refractivity contribution is -0.136. The standard InChI is InChI=1S/C25H23ClN4O5/c1-16-21(26)10-5-11-22(16)29-23(31)15-35-20-9-3-6-17(12-20)14-27-30-25(33)24(32)28-18-7-4-8-19(13-18)34-2/h3-14H,15H2,1-2H3,(H,28,32)(H,29,31)(H,30,33)/b27-14-. The number of benzene rings is 3. The van der Waals surface area contributed by atoms with Crippen molar-refractivity contribution in [3.8, 4) is 11.5 Å². The van der Waals surface area contributed by atoms with Gasteiger partial charge in [0.25, 0.3) is 5.91 Å². The second-order valence-corrected chi connectivity index (χ2v) is 7.61. The van der Waals surface area contributed by atoms with Crippen molar-refractivity contribution in [1.29, 1.82) is 0 Å². The smallest absolute Gasteiger partial charge is 0.329 e. The number of methoxy groups -OCH3 is 1. The maximum absolute atomic E-state index is 12.2. The first kappa shape index (κ1) is 25.3. The number of halogens is 1. The Labute approximate surface area is 207 Å². The normalized spacial score (nSPS) is 10.5. The maximum atomic E-state index is 12.2. The third kappa shape index (κ3) is 7.58. The van der Waals surface area contributed by atoms with Gasteiger partial charge in [-0.25, -0.2) is 5.43 Å². The van der Waals surface area contributed by atoms with Crippen LogP contribution in [-0.4, -0.2) is 37.7 Å². The summed E-state index contributed by atoms with van der Waals surface area (Å²) in [5.74, 6) is -1.20. The second kappa shape index (κ2) is 12.2. The molecule has 3 N–H and O–H groups in total. The van der Waals surface area contributed by atoms with Crippen LogP contribution in [0.2, 0.25) is 5.02 Å². The van der Waals surface area contributed by atoms with Crippen LogP contribution in [0.25, 0.3) is 0 Å². The van der Waals surface area contributed by atoms with Gasteiger partial charge >= 0.3 is 11.8 Å². The van der Waals surface area contributed by atoms with Crippen molar-refractivity contribution in [1.82, 2.24) is 5.43 Å². The monoisotopic (exact) mass is 494 g/mol. The van der Waals surface area contributed by atoms with E-state index >= 15 is 0 Å². The number of hydrazone groups is 1. The van der Waals surface area contributed by atoms with Gasteiger partial charge in [-0.2, -0.15) is 5.10 Å². The highest BCUT2D eigenvalue weighted by atomic mass is 35.5. The van der Waals surface area contributed by atoms with Crippen molar-refractivity contribution < 1.29 is 23.9 Å². The van der Waals surface area contributed by atoms with Gasteiger partial charge in [-0.05, 0) is 54.4 Å². The highest BCUT2D eigenvalue weighted by Crippen LogP contribution is 2.23. The van der Waals surface area contributed by atoms with Crippen LogP contribution < -0.4 is 25.5 Å². The predicted molar refractivity (Wildman–Crippen MR) is 134 cm³/mol. The molecule has 0 unspecified atom stereocenters. The van der Waals surface area contributed by atoms with Crippen LogP contribution in [0.3, 0.4) is 0 Å². The number of carbonyl (C=O) groups is 3. The van der Waals surface area contributed by atoms with E-state index in [4.69, 9.17) is 21.1 Å². The number of nitrogens with zero attached hydrogens (tertiary/aromatic N) is 1. The third-order valence-electron chi connectivity index (χ3n) is 4.68. The Balaban J connectivity index is 1.49. The minimum atomic E-state index is -0.940. The molecule has 3 aromatic carbocycles. The van der Waals surface area contributed by atoms with Gasteiger partial charge < -0.3 is 20.1 Å². The molecule has 35 heavy (non-hydrogen) atoms. The zero-order valence-electron chi connectivity index (χ0n) is 19.0. The molecule has 0 saturated carbocycles. The summed E-state index contributed by atoms with van der Waals surface area (Å²) in [7, 11) is 1.50. The molecule has 0 aliphatic carbocycles. The number of anilines is 2. The summed E-state index contributed by atoms with van der Waals surface area (Å²) in [6.07, 6.45) is 1.35. The Morgan fingerprint density at radius 2 is 1.69 bits per heavy atom. The summed E-state index contributed by atoms with van der Waals surface area (Å²) in [6, 6.07) is 18.6. The third-order valence-corrected chi connectivity index (χ3v) is 5.09. The van der Waals surface area contributed by atoms with E-state index in [0.29, 0.717) is 33.5 Å². The summed E-state index contributed by atoms with van der Waals surface area (Å²) in [6.45, 7) is 1.59. The second-order valence-electron chi connectivity index (χ2n) is 7.21. The van der Waals surface area contributed by atoms with Crippen LogP contribution in [0.4, 0.5) is 11.4 Å². The van der Waals surface area contributed by atoms with Crippen LogP contribution in [0.5, 0.6) is 11.5 Å². The summed E-state index contributed by atoms with van der Waals surface area (Å²) in [5, 5.41) is 9.55. The van der Waals surface area contributed by atoms with E-state index < -0.39 is 11.8 Å². The van der Waals surface area contributed by atoms with Gasteiger partial charge in [0.2, 0.25) is 0 Å². The fourth-order valence-corrected chi connectivity index (χ4v) is 3.04. The Morgan fingerprint density at radius 1 is 0.943 bits per heavy atom. The molecular formula is C25H23ClN4O5. The number of hydrogen-bond donors (Lipinski definition) is 3. The average Bonchev–Trinajstić information content (AvgIpc) is 2.86. The lowest BCUT2D eigenvalue weighted by Gasteiger charge is -2.10. The number of amides is 3. The van der Waals surface area contributed by atoms with E-state index in [0.717, 1.165) is 5.56 Å². The Bertz CT molecular complexity index is 1260. The number of rotatable bonds is 8. The maximum Gasteiger partial charge on any atom is 0.329 e. The van der Waals surface area contributed by atoms with Crippen molar-refractivity contribution in [2.75, 3.05) is 24.4 Å². The number of nitrogens with one attached hydrogen (secondary N) is 3. The van der Waals surface area contributed by atoms with Crippen molar-refractivity contribution >= 4 is 46.9 Å². The van der Waals surface area contributed by atoms with Crippen molar-refractivity contribution in [2.24, 2.45) is 5.10 Å². The van der Waals surface area contributed by atoms with Gasteiger partial charge in [-0.1, -0.05) is 35.9 Å². The molecule has 0 heterocycles. The Hall–Kier alpha value is -4.37. The molecule has 0 aliphatic rings. The van der Waals surface area contributed by atoms with Crippen LogP contribution in [0.15, 0.2) is 71.8 Å². The first-order chi connectivity index (χ1) is 16.9. The Morgan fingerprint density at radius 3 is 2.49 bits per heavy atom. The zero-order chi connectivity index (χ0) is 25.2. The van der Waals surface area contributed by atoms with E-state index in [1.165, 1.54) is 13.3 Å². The Kier molecular flexibility index (Phi) is 8.80. The summed E-state index contributed by atoms with van der Waals surface area (Å²) in [4.78, 5) is 36.2. The van der Waals surface area contributed by atoms with Gasteiger partial charge in [-0.15, -0.1) is 0 Å². The first-order valence-corrected chi connectivity index (χ1v) is 10.8. The minimum absolute atomic E-state index is 0.215. The molecule has 0 bridgehead atoms. The molecule has 3 amide bonds. The molecule has 0 radical (unpaired) electrons. The minimum Gasteiger partial charge on any atom is -0.497 e. The first-order valence-electron chi connectivity index (χ1n) is 10.4. The largest absolute Gasteiger partial charge is 0.497 e. The lowest BCUT2D eigenvalue weighted by Crippen LogP contribution is -2.32. The van der Waals surface area contributed by atoms with E-state index in [9.17, 15) is 14.4 Å². The zero-order valence-corrected chi connectivity index (χ0v) is 19.8. The molecule has 0 saturated heterocycles. The van der Waals surface area contributed by atoms with Crippen molar-refractivity contribution in [2.45, 2.75) is 6.92 Å². The van der Waals surface area contributed by atoms with Gasteiger partial charge in [-0.3, -0.25) is 14.4 Å². The molecule has 9 nitrogen and oxygen atoms in total. The quantitative estimate of drug-likeness (QED) is 0.250. The summed E-state index contributed by atoms with van der Waals surface area (Å²) < 4.78 is 10.6. The summed E-state index contributed by atoms with van der Waals surface area (Å²) in [5.41, 5.74) is 4.53. The molecule has 0 atom stereocenters. The van der Waals surface area contributed by atoms with E-state index in [2.05, 4.69) is 21.2 Å². The molecule has 0 spiro atoms. The van der Waals surface area contributed by atoms with E-state index in [1.807, 2.05) is 6.92 Å². The number of ether oxygens (including phenoxy) is 2. The van der Waals surface area contributed by atoms with Crippen LogP contribution in [-0.2, 0) is 14.4 Å². The summed E-state index contributed by atoms with van der Waals surface area (Å²) >= 11 is 6.07. The van der Waals surface area contributed by atoms with Gasteiger partial charge in [0.05, 0.1) is 13.3 Å². The van der Waals surface area contributed by atoms with Crippen LogP contribution >= 0.6 is 11.6 Å². The molecular weight excluding hydrogens is 472 g/mol. The average molecular weight is 495 g/mol. The molecule has 10 heteroatoms.